The minimum absolute atomic E-state index is 0.0990. The molecule has 1 aromatic rings. The maximum atomic E-state index is 12.6. The lowest BCUT2D eigenvalue weighted by atomic mass is 9.79. The quantitative estimate of drug-likeness (QED) is 0.918. The summed E-state index contributed by atoms with van der Waals surface area (Å²) in [4.78, 5) is 12.6. The van der Waals surface area contributed by atoms with E-state index < -0.39 is 5.60 Å². The maximum Gasteiger partial charge on any atom is 0.256 e. The first-order valence-corrected chi connectivity index (χ1v) is 7.58. The predicted octanol–water partition coefficient (Wildman–Crippen LogP) is 3.88. The standard InChI is InChI=1S/C16H22ClNO3/c1-11-6-8-16(21-3,9-7-11)15(19)18-12-4-5-14(20-2)13(17)10-12/h4-5,10-11H,6-9H2,1-3H3,(H,18,19). The summed E-state index contributed by atoms with van der Waals surface area (Å²) in [5.41, 5.74) is -0.0697. The van der Waals surface area contributed by atoms with Crippen molar-refractivity contribution in [3.05, 3.63) is 23.2 Å². The molecule has 0 radical (unpaired) electrons. The number of methoxy groups -OCH3 is 2. The van der Waals surface area contributed by atoms with Gasteiger partial charge in [-0.25, -0.2) is 0 Å². The van der Waals surface area contributed by atoms with Gasteiger partial charge in [0, 0.05) is 12.8 Å². The first kappa shape index (κ1) is 16.1. The van der Waals surface area contributed by atoms with Crippen LogP contribution in [-0.4, -0.2) is 25.7 Å². The highest BCUT2D eigenvalue weighted by molar-refractivity contribution is 6.32. The Morgan fingerprint density at radius 2 is 2.00 bits per heavy atom. The van der Waals surface area contributed by atoms with Crippen LogP contribution in [0.25, 0.3) is 0 Å². The van der Waals surface area contributed by atoms with Crippen LogP contribution in [0.5, 0.6) is 5.75 Å². The largest absolute Gasteiger partial charge is 0.495 e. The van der Waals surface area contributed by atoms with Gasteiger partial charge < -0.3 is 14.8 Å². The van der Waals surface area contributed by atoms with Gasteiger partial charge in [-0.15, -0.1) is 0 Å². The van der Waals surface area contributed by atoms with Crippen molar-refractivity contribution in [2.75, 3.05) is 19.5 Å². The lowest BCUT2D eigenvalue weighted by Crippen LogP contribution is -2.47. The number of hydrogen-bond acceptors (Lipinski definition) is 3. The second-order valence-corrected chi connectivity index (χ2v) is 6.09. The number of carbonyl (C=O) groups is 1. The summed E-state index contributed by atoms with van der Waals surface area (Å²) in [7, 11) is 3.17. The molecule has 116 valence electrons. The molecular formula is C16H22ClNO3. The molecule has 1 N–H and O–H groups in total. The highest BCUT2D eigenvalue weighted by Crippen LogP contribution is 2.36. The molecule has 1 aliphatic rings. The van der Waals surface area contributed by atoms with Crippen LogP contribution in [-0.2, 0) is 9.53 Å². The number of benzene rings is 1. The van der Waals surface area contributed by atoms with Crippen molar-refractivity contribution in [3.63, 3.8) is 0 Å². The van der Waals surface area contributed by atoms with Gasteiger partial charge in [-0.1, -0.05) is 18.5 Å². The van der Waals surface area contributed by atoms with Crippen LogP contribution >= 0.6 is 11.6 Å². The molecule has 0 aliphatic heterocycles. The molecule has 0 aromatic heterocycles. The van der Waals surface area contributed by atoms with Crippen LogP contribution < -0.4 is 10.1 Å². The number of nitrogens with one attached hydrogen (secondary N) is 1. The Kier molecular flexibility index (Phi) is 5.12. The molecule has 1 aliphatic carbocycles. The van der Waals surface area contributed by atoms with Gasteiger partial charge in [0.05, 0.1) is 12.1 Å². The zero-order valence-corrected chi connectivity index (χ0v) is 13.5. The third-order valence-electron chi connectivity index (χ3n) is 4.30. The van der Waals surface area contributed by atoms with Crippen molar-refractivity contribution >= 4 is 23.2 Å². The maximum absolute atomic E-state index is 12.6. The van der Waals surface area contributed by atoms with E-state index in [1.165, 1.54) is 0 Å². The fraction of sp³-hybridized carbons (Fsp3) is 0.562. The predicted molar refractivity (Wildman–Crippen MR) is 84.0 cm³/mol. The van der Waals surface area contributed by atoms with Crippen molar-refractivity contribution in [3.8, 4) is 5.75 Å². The highest BCUT2D eigenvalue weighted by atomic mass is 35.5. The van der Waals surface area contributed by atoms with Gasteiger partial charge in [0.2, 0.25) is 0 Å². The number of halogens is 1. The van der Waals surface area contributed by atoms with E-state index in [9.17, 15) is 4.79 Å². The van der Waals surface area contributed by atoms with Gasteiger partial charge in [0.25, 0.3) is 5.91 Å². The first-order valence-electron chi connectivity index (χ1n) is 7.21. The highest BCUT2D eigenvalue weighted by Gasteiger charge is 2.41. The summed E-state index contributed by atoms with van der Waals surface area (Å²) >= 11 is 6.08. The van der Waals surface area contributed by atoms with Crippen LogP contribution in [0.1, 0.15) is 32.6 Å². The Hall–Kier alpha value is -1.26. The Bertz CT molecular complexity index is 510. The van der Waals surface area contributed by atoms with Gasteiger partial charge in [-0.2, -0.15) is 0 Å². The summed E-state index contributed by atoms with van der Waals surface area (Å²) in [6.45, 7) is 2.21. The second kappa shape index (κ2) is 6.67. The summed E-state index contributed by atoms with van der Waals surface area (Å²) < 4.78 is 10.7. The second-order valence-electron chi connectivity index (χ2n) is 5.68. The fourth-order valence-corrected chi connectivity index (χ4v) is 3.00. The lowest BCUT2D eigenvalue weighted by Gasteiger charge is -2.36. The van der Waals surface area contributed by atoms with E-state index in [2.05, 4.69) is 12.2 Å². The molecule has 1 fully saturated rings. The van der Waals surface area contributed by atoms with Crippen molar-refractivity contribution in [1.29, 1.82) is 0 Å². The SMILES string of the molecule is COc1ccc(NC(=O)C2(OC)CCC(C)CC2)cc1Cl. The van der Waals surface area contributed by atoms with Crippen molar-refractivity contribution in [2.24, 2.45) is 5.92 Å². The van der Waals surface area contributed by atoms with E-state index in [-0.39, 0.29) is 5.91 Å². The monoisotopic (exact) mass is 311 g/mol. The Morgan fingerprint density at radius 3 is 2.52 bits per heavy atom. The van der Waals surface area contributed by atoms with Crippen LogP contribution in [0.4, 0.5) is 5.69 Å². The molecule has 0 saturated heterocycles. The Labute approximate surface area is 130 Å². The lowest BCUT2D eigenvalue weighted by molar-refractivity contribution is -0.142. The summed E-state index contributed by atoms with van der Waals surface area (Å²) in [6, 6.07) is 5.20. The molecule has 4 nitrogen and oxygen atoms in total. The normalized spacial score (nSPS) is 25.4. The van der Waals surface area contributed by atoms with E-state index >= 15 is 0 Å². The third kappa shape index (κ3) is 3.50. The van der Waals surface area contributed by atoms with E-state index in [4.69, 9.17) is 21.1 Å². The minimum atomic E-state index is -0.723. The molecule has 0 bridgehead atoms. The smallest absolute Gasteiger partial charge is 0.256 e. The van der Waals surface area contributed by atoms with Crippen LogP contribution in [0.2, 0.25) is 5.02 Å². The van der Waals surface area contributed by atoms with Crippen LogP contribution in [0.15, 0.2) is 18.2 Å². The number of amides is 1. The Balaban J connectivity index is 2.11. The molecule has 1 amide bonds. The topological polar surface area (TPSA) is 47.6 Å². The molecule has 1 saturated carbocycles. The average molecular weight is 312 g/mol. The van der Waals surface area contributed by atoms with Crippen LogP contribution in [0, 0.1) is 5.92 Å². The minimum Gasteiger partial charge on any atom is -0.495 e. The number of carbonyl (C=O) groups excluding carboxylic acids is 1. The van der Waals surface area contributed by atoms with Crippen molar-refractivity contribution < 1.29 is 14.3 Å². The molecule has 0 spiro atoms. The number of ether oxygens (including phenoxy) is 2. The number of rotatable bonds is 4. The molecular weight excluding hydrogens is 290 g/mol. The van der Waals surface area contributed by atoms with E-state index in [1.807, 2.05) is 0 Å². The van der Waals surface area contributed by atoms with Gasteiger partial charge in [0.15, 0.2) is 0 Å². The van der Waals surface area contributed by atoms with E-state index in [0.29, 0.717) is 22.4 Å². The molecule has 1 aromatic carbocycles. The molecule has 5 heteroatoms. The summed E-state index contributed by atoms with van der Waals surface area (Å²) in [5.74, 6) is 1.14. The molecule has 2 rings (SSSR count). The summed E-state index contributed by atoms with van der Waals surface area (Å²) in [5, 5.41) is 3.38. The van der Waals surface area contributed by atoms with Gasteiger partial charge >= 0.3 is 0 Å². The zero-order chi connectivity index (χ0) is 15.5. The zero-order valence-electron chi connectivity index (χ0n) is 12.7. The average Bonchev–Trinajstić information content (AvgIpc) is 2.48. The molecule has 0 atom stereocenters. The third-order valence-corrected chi connectivity index (χ3v) is 4.59. The Morgan fingerprint density at radius 1 is 1.33 bits per heavy atom. The van der Waals surface area contributed by atoms with E-state index in [0.717, 1.165) is 25.7 Å². The first-order chi connectivity index (χ1) is 10.0. The molecule has 0 unspecified atom stereocenters. The van der Waals surface area contributed by atoms with E-state index in [1.54, 1.807) is 32.4 Å². The van der Waals surface area contributed by atoms with Gasteiger partial charge in [-0.05, 0) is 49.8 Å². The van der Waals surface area contributed by atoms with Gasteiger partial charge in [0.1, 0.15) is 11.4 Å². The summed E-state index contributed by atoms with van der Waals surface area (Å²) in [6.07, 6.45) is 3.51. The van der Waals surface area contributed by atoms with Crippen molar-refractivity contribution in [1.82, 2.24) is 0 Å². The molecule has 21 heavy (non-hydrogen) atoms. The molecule has 0 heterocycles. The number of anilines is 1. The van der Waals surface area contributed by atoms with Crippen molar-refractivity contribution in [2.45, 2.75) is 38.2 Å². The van der Waals surface area contributed by atoms with Crippen LogP contribution in [0.3, 0.4) is 0 Å². The fourth-order valence-electron chi connectivity index (χ4n) is 2.74. The van der Waals surface area contributed by atoms with Gasteiger partial charge in [-0.3, -0.25) is 4.79 Å². The number of hydrogen-bond donors (Lipinski definition) is 1.